The molecule has 0 unspecified atom stereocenters. The second-order valence-corrected chi connectivity index (χ2v) is 14.2. The quantitative estimate of drug-likeness (QED) is 0.239. The number of aliphatic hydroxyl groups is 1. The third-order valence-electron chi connectivity index (χ3n) is 9.19. The lowest BCUT2D eigenvalue weighted by Gasteiger charge is -2.55. The first kappa shape index (κ1) is 31.5. The van der Waals surface area contributed by atoms with Gasteiger partial charge in [-0.2, -0.15) is 0 Å². The third-order valence-corrected chi connectivity index (χ3v) is 9.41. The maximum atomic E-state index is 14.3. The van der Waals surface area contributed by atoms with Crippen LogP contribution in [0.5, 0.6) is 0 Å². The number of halogens is 3. The largest absolute Gasteiger partial charge is 0.390 e. The predicted molar refractivity (Wildman–Crippen MR) is 161 cm³/mol. The van der Waals surface area contributed by atoms with Crippen molar-refractivity contribution in [3.63, 3.8) is 0 Å². The number of benzene rings is 2. The Balaban J connectivity index is 1.32. The number of likely N-dealkylation sites (tertiary alicyclic amines) is 1. The van der Waals surface area contributed by atoms with Gasteiger partial charge >= 0.3 is 0 Å². The number of aryl methyl sites for hydroxylation is 1. The highest BCUT2D eigenvalue weighted by molar-refractivity contribution is 6.30. The molecule has 2 aromatic carbocycles. The number of nitrogens with zero attached hydrogens (tertiary/aromatic N) is 2. The third kappa shape index (κ3) is 7.24. The summed E-state index contributed by atoms with van der Waals surface area (Å²) >= 11 is 6.32. The molecule has 0 spiro atoms. The van der Waals surface area contributed by atoms with Crippen molar-refractivity contribution in [2.75, 3.05) is 13.1 Å². The number of ketones is 2. The molecule has 2 fully saturated rings. The van der Waals surface area contributed by atoms with E-state index >= 15 is 0 Å². The minimum atomic E-state index is -0.809. The highest BCUT2D eigenvalue weighted by atomic mass is 35.5. The summed E-state index contributed by atoms with van der Waals surface area (Å²) in [6.45, 7) is 9.08. The summed E-state index contributed by atoms with van der Waals surface area (Å²) in [5.41, 5.74) is 0.406. The van der Waals surface area contributed by atoms with Crippen molar-refractivity contribution in [3.05, 3.63) is 75.9 Å². The van der Waals surface area contributed by atoms with Crippen LogP contribution in [0.2, 0.25) is 5.02 Å². The van der Waals surface area contributed by atoms with E-state index in [4.69, 9.17) is 16.1 Å². The normalized spacial score (nSPS) is 22.3. The Morgan fingerprint density at radius 1 is 1.09 bits per heavy atom. The average Bonchev–Trinajstić information content (AvgIpc) is 3.36. The Bertz CT molecular complexity index is 1500. The van der Waals surface area contributed by atoms with Crippen LogP contribution >= 0.6 is 11.6 Å². The van der Waals surface area contributed by atoms with Crippen LogP contribution in [0, 0.1) is 24.0 Å². The zero-order chi connectivity index (χ0) is 31.2. The second-order valence-electron chi connectivity index (χ2n) is 13.7. The lowest BCUT2D eigenvalue weighted by molar-refractivity contribution is -0.128. The molecule has 1 aliphatic heterocycles. The SMILES string of the molecule is Cc1cc(Cl)cc(C(C)(C)CC(=O)CC2(CC(=O)c3cc(-c4ccc(F)cc4F)on3)CN(C3CCC(C)(O)CC3)C2)c1. The van der Waals surface area contributed by atoms with Crippen LogP contribution in [0.3, 0.4) is 0 Å². The smallest absolute Gasteiger partial charge is 0.185 e. The fourth-order valence-electron chi connectivity index (χ4n) is 6.81. The molecular formula is C34H39ClF2N2O4. The molecule has 6 nitrogen and oxygen atoms in total. The van der Waals surface area contributed by atoms with Crippen LogP contribution in [0.15, 0.2) is 47.0 Å². The van der Waals surface area contributed by atoms with E-state index in [1.54, 1.807) is 0 Å². The molecule has 0 atom stereocenters. The van der Waals surface area contributed by atoms with Gasteiger partial charge in [0, 0.05) is 61.0 Å². The Labute approximate surface area is 256 Å². The first-order valence-electron chi connectivity index (χ1n) is 14.8. The molecular weight excluding hydrogens is 574 g/mol. The van der Waals surface area contributed by atoms with Crippen molar-refractivity contribution >= 4 is 23.2 Å². The van der Waals surface area contributed by atoms with Gasteiger partial charge < -0.3 is 9.63 Å². The van der Waals surface area contributed by atoms with Crippen LogP contribution < -0.4 is 0 Å². The summed E-state index contributed by atoms with van der Waals surface area (Å²) in [6, 6.07) is 10.6. The Kier molecular flexibility index (Phi) is 8.69. The van der Waals surface area contributed by atoms with E-state index < -0.39 is 28.1 Å². The number of carbonyl (C=O) groups excluding carboxylic acids is 2. The summed E-state index contributed by atoms with van der Waals surface area (Å²) in [7, 11) is 0. The fourth-order valence-corrected chi connectivity index (χ4v) is 7.10. The Morgan fingerprint density at radius 3 is 2.44 bits per heavy atom. The van der Waals surface area contributed by atoms with E-state index in [2.05, 4.69) is 10.1 Å². The molecule has 1 aromatic heterocycles. The van der Waals surface area contributed by atoms with Crippen LogP contribution in [-0.2, 0) is 10.2 Å². The first-order chi connectivity index (χ1) is 20.1. The molecule has 9 heteroatoms. The molecule has 0 amide bonds. The van der Waals surface area contributed by atoms with Gasteiger partial charge in [-0.3, -0.25) is 14.5 Å². The minimum Gasteiger partial charge on any atom is -0.390 e. The van der Waals surface area contributed by atoms with Crippen LogP contribution in [0.1, 0.15) is 87.3 Å². The van der Waals surface area contributed by atoms with Gasteiger partial charge in [0.25, 0.3) is 0 Å². The van der Waals surface area contributed by atoms with Crippen LogP contribution in [0.25, 0.3) is 11.3 Å². The fraction of sp³-hybridized carbons (Fsp3) is 0.500. The van der Waals surface area contributed by atoms with Gasteiger partial charge in [0.1, 0.15) is 23.1 Å². The van der Waals surface area contributed by atoms with Gasteiger partial charge in [-0.25, -0.2) is 8.78 Å². The predicted octanol–water partition coefficient (Wildman–Crippen LogP) is 7.48. The van der Waals surface area contributed by atoms with Crippen molar-refractivity contribution < 1.29 is 28.0 Å². The van der Waals surface area contributed by atoms with Crippen molar-refractivity contribution in [2.45, 2.75) is 89.7 Å². The lowest BCUT2D eigenvalue weighted by atomic mass is 9.68. The zero-order valence-electron chi connectivity index (χ0n) is 25.2. The Hall–Kier alpha value is -2.94. The molecule has 43 heavy (non-hydrogen) atoms. The van der Waals surface area contributed by atoms with Gasteiger partial charge in [-0.05, 0) is 80.3 Å². The molecule has 230 valence electrons. The number of aromatic nitrogens is 1. The summed E-state index contributed by atoms with van der Waals surface area (Å²) in [4.78, 5) is 29.5. The van der Waals surface area contributed by atoms with E-state index in [-0.39, 0.29) is 41.4 Å². The molecule has 0 bridgehead atoms. The molecule has 2 aliphatic rings. The molecule has 5 rings (SSSR count). The van der Waals surface area contributed by atoms with E-state index in [1.807, 2.05) is 45.9 Å². The van der Waals surface area contributed by atoms with E-state index in [9.17, 15) is 23.5 Å². The summed E-state index contributed by atoms with van der Waals surface area (Å²) < 4.78 is 33.0. The van der Waals surface area contributed by atoms with Gasteiger partial charge in [0.15, 0.2) is 11.5 Å². The number of carbonyl (C=O) groups is 2. The highest BCUT2D eigenvalue weighted by Crippen LogP contribution is 2.44. The van der Waals surface area contributed by atoms with Crippen LogP contribution in [0.4, 0.5) is 8.78 Å². The summed E-state index contributed by atoms with van der Waals surface area (Å²) in [5.74, 6) is -1.71. The van der Waals surface area contributed by atoms with E-state index in [0.29, 0.717) is 43.4 Å². The standard InChI is InChI=1S/C34H39ClF2N2O4/c1-21-11-22(13-23(35)12-21)32(2,3)16-26(40)17-34(19-39(20-34)25-7-9-33(4,42)10-8-25)18-30(41)29-15-31(43-38-29)27-6-5-24(36)14-28(27)37/h5-6,11-15,25,42H,7-10,16-20H2,1-4H3. The van der Waals surface area contributed by atoms with E-state index in [1.165, 1.54) is 12.1 Å². The molecule has 1 N–H and O–H groups in total. The summed E-state index contributed by atoms with van der Waals surface area (Å²) in [5, 5.41) is 14.9. The van der Waals surface area contributed by atoms with Gasteiger partial charge in [-0.15, -0.1) is 0 Å². The monoisotopic (exact) mass is 612 g/mol. The number of hydrogen-bond acceptors (Lipinski definition) is 6. The first-order valence-corrected chi connectivity index (χ1v) is 15.2. The molecule has 1 aliphatic carbocycles. The lowest BCUT2D eigenvalue weighted by Crippen LogP contribution is -2.62. The molecule has 1 saturated heterocycles. The number of hydrogen-bond donors (Lipinski definition) is 1. The van der Waals surface area contributed by atoms with Crippen molar-refractivity contribution in [2.24, 2.45) is 5.41 Å². The molecule has 3 aromatic rings. The number of rotatable bonds is 10. The maximum Gasteiger partial charge on any atom is 0.185 e. The van der Waals surface area contributed by atoms with Gasteiger partial charge in [0.2, 0.25) is 0 Å². The maximum absolute atomic E-state index is 14.3. The topological polar surface area (TPSA) is 83.6 Å². The summed E-state index contributed by atoms with van der Waals surface area (Å²) in [6.07, 6.45) is 3.78. The Morgan fingerprint density at radius 2 is 1.79 bits per heavy atom. The number of Topliss-reactive ketones (excluding diaryl/α,β-unsaturated/α-hetero) is 2. The van der Waals surface area contributed by atoms with E-state index in [0.717, 1.165) is 36.1 Å². The van der Waals surface area contributed by atoms with Crippen molar-refractivity contribution in [3.8, 4) is 11.3 Å². The molecule has 2 heterocycles. The van der Waals surface area contributed by atoms with Crippen LogP contribution in [-0.4, -0.2) is 51.5 Å². The van der Waals surface area contributed by atoms with Gasteiger partial charge in [0.05, 0.1) is 11.2 Å². The van der Waals surface area contributed by atoms with Gasteiger partial charge in [-0.1, -0.05) is 36.7 Å². The average molecular weight is 613 g/mol. The molecule has 0 radical (unpaired) electrons. The highest BCUT2D eigenvalue weighted by Gasteiger charge is 2.49. The van der Waals surface area contributed by atoms with Crippen molar-refractivity contribution in [1.82, 2.24) is 10.1 Å². The zero-order valence-corrected chi connectivity index (χ0v) is 25.9. The van der Waals surface area contributed by atoms with Crippen molar-refractivity contribution in [1.29, 1.82) is 0 Å². The molecule has 1 saturated carbocycles. The minimum absolute atomic E-state index is 0.0133. The second kappa shape index (κ2) is 11.9.